The Morgan fingerprint density at radius 3 is 2.27 bits per heavy atom. The molecule has 3 aromatic carbocycles. The zero-order chi connectivity index (χ0) is 21.3. The highest BCUT2D eigenvalue weighted by molar-refractivity contribution is 9.10. The summed E-state index contributed by atoms with van der Waals surface area (Å²) in [4.78, 5) is 0.232. The van der Waals surface area contributed by atoms with E-state index in [1.807, 2.05) is 31.2 Å². The first-order valence-electron chi connectivity index (χ1n) is 8.89. The van der Waals surface area contributed by atoms with Crippen molar-refractivity contribution in [1.82, 2.24) is 19.4 Å². The molecule has 0 atom stereocenters. The van der Waals surface area contributed by atoms with Crippen LogP contribution in [0.4, 0.5) is 0 Å². The van der Waals surface area contributed by atoms with Crippen molar-refractivity contribution in [2.24, 2.45) is 0 Å². The van der Waals surface area contributed by atoms with E-state index in [1.165, 1.54) is 0 Å². The molecule has 0 amide bonds. The van der Waals surface area contributed by atoms with E-state index < -0.39 is 10.0 Å². The largest absolute Gasteiger partial charge is 0.283 e. The molecule has 5 rings (SSSR count). The zero-order valence-corrected chi connectivity index (χ0v) is 19.7. The SMILES string of the molecule is Brc1ccc2[nH]ncc2c1.Cc1ccc(S(=O)(=O)n2ncc3cc(Br)ccc32)cc1. The van der Waals surface area contributed by atoms with Crippen LogP contribution in [-0.4, -0.2) is 27.8 Å². The summed E-state index contributed by atoms with van der Waals surface area (Å²) in [5.74, 6) is 0. The Bertz CT molecular complexity index is 1440. The van der Waals surface area contributed by atoms with Crippen molar-refractivity contribution >= 4 is 63.7 Å². The fraction of sp³-hybridized carbons (Fsp3) is 0.0476. The molecule has 0 aliphatic heterocycles. The molecule has 0 saturated heterocycles. The van der Waals surface area contributed by atoms with Gasteiger partial charge >= 0.3 is 0 Å². The first-order valence-corrected chi connectivity index (χ1v) is 11.9. The van der Waals surface area contributed by atoms with Crippen molar-refractivity contribution < 1.29 is 8.42 Å². The molecule has 2 aromatic heterocycles. The van der Waals surface area contributed by atoms with Crippen molar-refractivity contribution in [1.29, 1.82) is 0 Å². The van der Waals surface area contributed by atoms with E-state index in [-0.39, 0.29) is 4.90 Å². The van der Waals surface area contributed by atoms with E-state index in [0.29, 0.717) is 5.52 Å². The molecule has 9 heteroatoms. The summed E-state index contributed by atoms with van der Waals surface area (Å²) >= 11 is 6.73. The van der Waals surface area contributed by atoms with E-state index >= 15 is 0 Å². The van der Waals surface area contributed by atoms with E-state index in [9.17, 15) is 8.42 Å². The van der Waals surface area contributed by atoms with Crippen LogP contribution in [0.5, 0.6) is 0 Å². The van der Waals surface area contributed by atoms with Crippen molar-refractivity contribution in [3.05, 3.63) is 87.6 Å². The second-order valence-electron chi connectivity index (χ2n) is 6.61. The van der Waals surface area contributed by atoms with Crippen molar-refractivity contribution in [2.75, 3.05) is 0 Å². The van der Waals surface area contributed by atoms with Crippen LogP contribution < -0.4 is 0 Å². The molecule has 0 radical (unpaired) electrons. The molecule has 0 bridgehead atoms. The van der Waals surface area contributed by atoms with Gasteiger partial charge < -0.3 is 0 Å². The van der Waals surface area contributed by atoms with Gasteiger partial charge in [0.15, 0.2) is 0 Å². The van der Waals surface area contributed by atoms with Gasteiger partial charge in [-0.05, 0) is 55.5 Å². The third-order valence-electron chi connectivity index (χ3n) is 4.45. The highest BCUT2D eigenvalue weighted by Crippen LogP contribution is 2.23. The number of aromatic nitrogens is 4. The summed E-state index contributed by atoms with van der Waals surface area (Å²) < 4.78 is 28.2. The molecular formula is C21H16Br2N4O2S. The molecule has 0 saturated carbocycles. The fourth-order valence-electron chi connectivity index (χ4n) is 2.90. The second kappa shape index (κ2) is 8.33. The first kappa shape index (κ1) is 20.8. The smallest absolute Gasteiger partial charge is 0.278 e. The Morgan fingerprint density at radius 2 is 1.53 bits per heavy atom. The minimum atomic E-state index is -3.66. The van der Waals surface area contributed by atoms with E-state index in [0.717, 1.165) is 34.9 Å². The van der Waals surface area contributed by atoms with E-state index in [4.69, 9.17) is 0 Å². The van der Waals surface area contributed by atoms with Crippen LogP contribution in [0.15, 0.2) is 86.9 Å². The van der Waals surface area contributed by atoms with Crippen LogP contribution in [0, 0.1) is 6.92 Å². The molecule has 0 aliphatic carbocycles. The van der Waals surface area contributed by atoms with Gasteiger partial charge in [-0.2, -0.15) is 22.7 Å². The number of hydrogen-bond donors (Lipinski definition) is 1. The predicted octanol–water partition coefficient (Wildman–Crippen LogP) is 5.67. The number of aryl methyl sites for hydroxylation is 1. The van der Waals surface area contributed by atoms with Crippen molar-refractivity contribution in [3.63, 3.8) is 0 Å². The Morgan fingerprint density at radius 1 is 0.867 bits per heavy atom. The van der Waals surface area contributed by atoms with Crippen LogP contribution >= 0.6 is 31.9 Å². The molecule has 1 N–H and O–H groups in total. The van der Waals surface area contributed by atoms with Crippen molar-refractivity contribution in [2.45, 2.75) is 11.8 Å². The highest BCUT2D eigenvalue weighted by Gasteiger charge is 2.20. The first-order chi connectivity index (χ1) is 14.3. The molecule has 0 unspecified atom stereocenters. The lowest BCUT2D eigenvalue weighted by Crippen LogP contribution is -2.14. The van der Waals surface area contributed by atoms with Gasteiger partial charge in [0.2, 0.25) is 0 Å². The summed E-state index contributed by atoms with van der Waals surface area (Å²) in [5.41, 5.74) is 2.65. The Kier molecular flexibility index (Phi) is 5.77. The summed E-state index contributed by atoms with van der Waals surface area (Å²) in [5, 5.41) is 12.7. The van der Waals surface area contributed by atoms with Crippen LogP contribution in [0.2, 0.25) is 0 Å². The Labute approximate surface area is 190 Å². The molecule has 0 fully saturated rings. The van der Waals surface area contributed by atoms with E-state index in [2.05, 4.69) is 47.2 Å². The number of aromatic amines is 1. The third-order valence-corrected chi connectivity index (χ3v) is 7.05. The number of fused-ring (bicyclic) bond motifs is 2. The monoisotopic (exact) mass is 546 g/mol. The summed E-state index contributed by atoms with van der Waals surface area (Å²) in [6, 6.07) is 18.1. The van der Waals surface area contributed by atoms with Gasteiger partial charge in [-0.3, -0.25) is 5.10 Å². The molecule has 6 nitrogen and oxygen atoms in total. The van der Waals surface area contributed by atoms with Gasteiger partial charge in [0.25, 0.3) is 10.0 Å². The molecule has 0 aliphatic rings. The average molecular weight is 548 g/mol. The van der Waals surface area contributed by atoms with Crippen LogP contribution in [0.25, 0.3) is 21.8 Å². The van der Waals surface area contributed by atoms with Gasteiger partial charge in [0, 0.05) is 19.7 Å². The standard InChI is InChI=1S/C14H11BrN2O2S.C7H5BrN2/c1-10-2-5-13(6-3-10)20(18,19)17-14-7-4-12(15)8-11(14)9-16-17;8-6-1-2-7-5(3-6)4-9-10-7/h2-9H,1H3;1-4H,(H,9,10). The van der Waals surface area contributed by atoms with Crippen LogP contribution in [0.1, 0.15) is 5.56 Å². The number of benzene rings is 3. The summed E-state index contributed by atoms with van der Waals surface area (Å²) in [6.45, 7) is 1.91. The topological polar surface area (TPSA) is 80.6 Å². The number of nitrogens with one attached hydrogen (secondary N) is 1. The lowest BCUT2D eigenvalue weighted by atomic mass is 10.2. The number of hydrogen-bond acceptors (Lipinski definition) is 4. The van der Waals surface area contributed by atoms with Crippen LogP contribution in [-0.2, 0) is 10.0 Å². The molecule has 2 heterocycles. The molecule has 152 valence electrons. The average Bonchev–Trinajstić information content (AvgIpc) is 3.35. The maximum absolute atomic E-state index is 12.6. The molecule has 30 heavy (non-hydrogen) atoms. The van der Waals surface area contributed by atoms with E-state index in [1.54, 1.807) is 48.8 Å². The predicted molar refractivity (Wildman–Crippen MR) is 125 cm³/mol. The zero-order valence-electron chi connectivity index (χ0n) is 15.8. The van der Waals surface area contributed by atoms with Gasteiger partial charge in [-0.15, -0.1) is 0 Å². The third kappa shape index (κ3) is 4.19. The van der Waals surface area contributed by atoms with Gasteiger partial charge in [0.05, 0.1) is 28.3 Å². The number of H-pyrrole nitrogens is 1. The normalized spacial score (nSPS) is 11.4. The van der Waals surface area contributed by atoms with Crippen molar-refractivity contribution in [3.8, 4) is 0 Å². The molecule has 0 spiro atoms. The molecule has 5 aromatic rings. The van der Waals surface area contributed by atoms with Gasteiger partial charge in [0.1, 0.15) is 0 Å². The quantitative estimate of drug-likeness (QED) is 0.309. The van der Waals surface area contributed by atoms with Crippen LogP contribution in [0.3, 0.4) is 0 Å². The lowest BCUT2D eigenvalue weighted by molar-refractivity contribution is 0.582. The number of nitrogens with zero attached hydrogens (tertiary/aromatic N) is 3. The Balaban J connectivity index is 0.000000181. The minimum Gasteiger partial charge on any atom is -0.278 e. The maximum atomic E-state index is 12.6. The van der Waals surface area contributed by atoms with Gasteiger partial charge in [-0.1, -0.05) is 49.6 Å². The minimum absolute atomic E-state index is 0.232. The fourth-order valence-corrected chi connectivity index (χ4v) is 4.93. The maximum Gasteiger partial charge on any atom is 0.283 e. The number of rotatable bonds is 2. The number of halogens is 2. The highest BCUT2D eigenvalue weighted by atomic mass is 79.9. The summed E-state index contributed by atoms with van der Waals surface area (Å²) in [7, 11) is -3.66. The Hall–Kier alpha value is -2.49. The lowest BCUT2D eigenvalue weighted by Gasteiger charge is -2.06. The summed E-state index contributed by atoms with van der Waals surface area (Å²) in [6.07, 6.45) is 3.35. The second-order valence-corrected chi connectivity index (χ2v) is 10.2. The van der Waals surface area contributed by atoms with Gasteiger partial charge in [-0.25, -0.2) is 0 Å². The molecular weight excluding hydrogens is 532 g/mol.